The predicted molar refractivity (Wildman–Crippen MR) is 140 cm³/mol. The van der Waals surface area contributed by atoms with Gasteiger partial charge in [0.1, 0.15) is 6.61 Å². The van der Waals surface area contributed by atoms with Crippen LogP contribution in [0.2, 0.25) is 0 Å². The molecule has 3 aromatic rings. The molecule has 2 saturated heterocycles. The van der Waals surface area contributed by atoms with Crippen LogP contribution >= 0.6 is 0 Å². The number of aromatic nitrogens is 3. The van der Waals surface area contributed by atoms with Crippen LogP contribution in [0.15, 0.2) is 23.1 Å². The molecule has 2 aromatic heterocycles. The summed E-state index contributed by atoms with van der Waals surface area (Å²) in [5.41, 5.74) is 2.65. The van der Waals surface area contributed by atoms with Crippen LogP contribution in [0.1, 0.15) is 47.6 Å². The molecule has 1 aromatic carbocycles. The number of methoxy groups -OCH3 is 2. The number of benzene rings is 1. The van der Waals surface area contributed by atoms with Gasteiger partial charge in [0.25, 0.3) is 11.5 Å². The maximum atomic E-state index is 13.6. The van der Waals surface area contributed by atoms with E-state index in [1.54, 1.807) is 18.2 Å². The lowest BCUT2D eigenvalue weighted by molar-refractivity contribution is -0.134. The molecule has 4 heterocycles. The number of ether oxygens (including phenoxy) is 2. The normalized spacial score (nSPS) is 18.8. The number of pyridine rings is 1. The van der Waals surface area contributed by atoms with Crippen molar-refractivity contribution in [1.29, 1.82) is 0 Å². The van der Waals surface area contributed by atoms with Crippen LogP contribution in [0.3, 0.4) is 0 Å². The largest absolute Gasteiger partial charge is 0.385 e. The van der Waals surface area contributed by atoms with Crippen LogP contribution in [0, 0.1) is 12.8 Å². The first-order valence-electron chi connectivity index (χ1n) is 13.0. The molecule has 0 radical (unpaired) electrons. The molecule has 1 N–H and O–H groups in total. The summed E-state index contributed by atoms with van der Waals surface area (Å²) < 4.78 is 12.1. The van der Waals surface area contributed by atoms with Crippen molar-refractivity contribution in [2.45, 2.75) is 38.6 Å². The summed E-state index contributed by atoms with van der Waals surface area (Å²) in [6, 6.07) is 3.73. The third-order valence-corrected chi connectivity index (χ3v) is 7.90. The third kappa shape index (κ3) is 4.87. The quantitative estimate of drug-likeness (QED) is 0.524. The summed E-state index contributed by atoms with van der Waals surface area (Å²) in [6.45, 7) is 5.29. The highest BCUT2D eigenvalue weighted by Gasteiger charge is 2.30. The number of hydrogen-bond acceptors (Lipinski definition) is 6. The molecule has 0 spiro atoms. The number of rotatable bonds is 7. The van der Waals surface area contributed by atoms with Crippen molar-refractivity contribution in [2.75, 3.05) is 53.6 Å². The zero-order chi connectivity index (χ0) is 26.1. The molecule has 2 aliphatic rings. The number of nitrogens with zero attached hydrogens (tertiary/aromatic N) is 4. The fourth-order valence-corrected chi connectivity index (χ4v) is 5.76. The van der Waals surface area contributed by atoms with E-state index in [0.29, 0.717) is 41.0 Å². The molecule has 0 bridgehead atoms. The zero-order valence-electron chi connectivity index (χ0n) is 21.8. The van der Waals surface area contributed by atoms with Gasteiger partial charge < -0.3 is 24.3 Å². The van der Waals surface area contributed by atoms with Crippen LogP contribution in [0.5, 0.6) is 0 Å². The van der Waals surface area contributed by atoms with Crippen molar-refractivity contribution in [2.24, 2.45) is 5.92 Å². The number of carbonyl (C=O) groups excluding carboxylic acids is 2. The standard InChI is InChI=1S/C27H35N5O5/c1-17-12-23-21(13-20(17)27(35)30-8-4-18(5-9-30)7-11-36-2)25-22(26(34)29-23)14-28-32(25)19-6-10-31(15-19)24(33)16-37-3/h12-14,18-19H,4-11,15-16H2,1-3H3,(H,29,34). The number of H-pyrrole nitrogens is 1. The Kier molecular flexibility index (Phi) is 7.30. The molecular formula is C27H35N5O5. The Morgan fingerprint density at radius 1 is 1.05 bits per heavy atom. The molecule has 2 aliphatic heterocycles. The number of fused-ring (bicyclic) bond motifs is 3. The summed E-state index contributed by atoms with van der Waals surface area (Å²) in [6.07, 6.45) is 5.30. The van der Waals surface area contributed by atoms with Gasteiger partial charge in [0.2, 0.25) is 5.91 Å². The molecule has 0 saturated carbocycles. The molecule has 1 atom stereocenters. The monoisotopic (exact) mass is 509 g/mol. The van der Waals surface area contributed by atoms with E-state index in [1.807, 2.05) is 28.6 Å². The van der Waals surface area contributed by atoms with Gasteiger partial charge in [-0.3, -0.25) is 19.1 Å². The minimum atomic E-state index is -0.212. The van der Waals surface area contributed by atoms with E-state index in [2.05, 4.69) is 10.1 Å². The average Bonchev–Trinajstić information content (AvgIpc) is 3.55. The first-order valence-corrected chi connectivity index (χ1v) is 13.0. The summed E-state index contributed by atoms with van der Waals surface area (Å²) >= 11 is 0. The van der Waals surface area contributed by atoms with Gasteiger partial charge in [-0.2, -0.15) is 5.10 Å². The maximum absolute atomic E-state index is 13.6. The number of hydrogen-bond donors (Lipinski definition) is 1. The number of aromatic amines is 1. The van der Waals surface area contributed by atoms with Crippen molar-refractivity contribution < 1.29 is 19.1 Å². The van der Waals surface area contributed by atoms with Crippen LogP contribution in [-0.2, 0) is 14.3 Å². The molecule has 5 rings (SSSR count). The first-order chi connectivity index (χ1) is 17.9. The fourth-order valence-electron chi connectivity index (χ4n) is 5.76. The van der Waals surface area contributed by atoms with Gasteiger partial charge >= 0.3 is 0 Å². The number of carbonyl (C=O) groups is 2. The number of aryl methyl sites for hydroxylation is 1. The van der Waals surface area contributed by atoms with Crippen LogP contribution in [0.25, 0.3) is 21.8 Å². The second-order valence-electron chi connectivity index (χ2n) is 10.3. The minimum absolute atomic E-state index is 0.0206. The molecule has 198 valence electrons. The van der Waals surface area contributed by atoms with Crippen molar-refractivity contribution in [3.05, 3.63) is 39.8 Å². The van der Waals surface area contributed by atoms with E-state index >= 15 is 0 Å². The number of amides is 2. The van der Waals surface area contributed by atoms with E-state index in [4.69, 9.17) is 9.47 Å². The molecule has 0 aliphatic carbocycles. The lowest BCUT2D eigenvalue weighted by Crippen LogP contribution is -2.39. The number of nitrogens with one attached hydrogen (secondary N) is 1. The Morgan fingerprint density at radius 2 is 1.81 bits per heavy atom. The maximum Gasteiger partial charge on any atom is 0.259 e. The van der Waals surface area contributed by atoms with Crippen molar-refractivity contribution >= 4 is 33.6 Å². The van der Waals surface area contributed by atoms with Crippen molar-refractivity contribution in [1.82, 2.24) is 24.6 Å². The fraction of sp³-hybridized carbons (Fsp3) is 0.556. The van der Waals surface area contributed by atoms with Gasteiger partial charge in [-0.25, -0.2) is 0 Å². The topological polar surface area (TPSA) is 110 Å². The van der Waals surface area contributed by atoms with Gasteiger partial charge in [-0.15, -0.1) is 0 Å². The summed E-state index contributed by atoms with van der Waals surface area (Å²) in [5, 5.41) is 5.84. The van der Waals surface area contributed by atoms with E-state index in [-0.39, 0.29) is 30.0 Å². The smallest absolute Gasteiger partial charge is 0.259 e. The molecular weight excluding hydrogens is 474 g/mol. The summed E-state index contributed by atoms with van der Waals surface area (Å²) in [5.74, 6) is 0.549. The third-order valence-electron chi connectivity index (χ3n) is 7.90. The van der Waals surface area contributed by atoms with Gasteiger partial charge in [0.15, 0.2) is 0 Å². The van der Waals surface area contributed by atoms with E-state index in [9.17, 15) is 14.4 Å². The highest BCUT2D eigenvalue weighted by atomic mass is 16.5. The molecule has 2 fully saturated rings. The SMILES string of the molecule is COCCC1CCN(C(=O)c2cc3c(cc2C)[nH]c(=O)c2cnn(C4CCN(C(=O)COC)C4)c23)CC1. The lowest BCUT2D eigenvalue weighted by Gasteiger charge is -2.32. The van der Waals surface area contributed by atoms with Crippen LogP contribution in [0.4, 0.5) is 0 Å². The lowest BCUT2D eigenvalue weighted by atomic mass is 9.93. The van der Waals surface area contributed by atoms with Gasteiger partial charge in [-0.05, 0) is 56.2 Å². The molecule has 37 heavy (non-hydrogen) atoms. The second-order valence-corrected chi connectivity index (χ2v) is 10.3. The Hall–Kier alpha value is -3.24. The van der Waals surface area contributed by atoms with E-state index in [0.717, 1.165) is 56.3 Å². The van der Waals surface area contributed by atoms with Crippen LogP contribution < -0.4 is 5.56 Å². The van der Waals surface area contributed by atoms with Gasteiger partial charge in [0, 0.05) is 58.0 Å². The van der Waals surface area contributed by atoms with Crippen molar-refractivity contribution in [3.63, 3.8) is 0 Å². The summed E-state index contributed by atoms with van der Waals surface area (Å²) in [7, 11) is 3.23. The Morgan fingerprint density at radius 3 is 2.54 bits per heavy atom. The van der Waals surface area contributed by atoms with E-state index < -0.39 is 0 Å². The van der Waals surface area contributed by atoms with Crippen LogP contribution in [-0.4, -0.2) is 90.0 Å². The highest BCUT2D eigenvalue weighted by molar-refractivity contribution is 6.07. The second kappa shape index (κ2) is 10.6. The van der Waals surface area contributed by atoms with Crippen molar-refractivity contribution in [3.8, 4) is 0 Å². The number of piperidine rings is 1. The van der Waals surface area contributed by atoms with Gasteiger partial charge in [-0.1, -0.05) is 0 Å². The molecule has 10 nitrogen and oxygen atoms in total. The Balaban J connectivity index is 1.48. The van der Waals surface area contributed by atoms with E-state index in [1.165, 1.54) is 7.11 Å². The Labute approximate surface area is 215 Å². The zero-order valence-corrected chi connectivity index (χ0v) is 21.8. The molecule has 2 amide bonds. The Bertz CT molecular complexity index is 1370. The molecule has 1 unspecified atom stereocenters. The summed E-state index contributed by atoms with van der Waals surface area (Å²) in [4.78, 5) is 45.5. The number of likely N-dealkylation sites (tertiary alicyclic amines) is 2. The first kappa shape index (κ1) is 25.4. The minimum Gasteiger partial charge on any atom is -0.385 e. The molecule has 10 heteroatoms. The predicted octanol–water partition coefficient (Wildman–Crippen LogP) is 2.49. The average molecular weight is 510 g/mol. The van der Waals surface area contributed by atoms with Gasteiger partial charge in [0.05, 0.1) is 28.7 Å². The highest BCUT2D eigenvalue weighted by Crippen LogP contribution is 2.31.